The maximum Gasteiger partial charge on any atom is 0.306 e. The van der Waals surface area contributed by atoms with E-state index in [1.54, 1.807) is 0 Å². The van der Waals surface area contributed by atoms with Gasteiger partial charge in [-0.05, 0) is 13.3 Å². The number of carbonyl (C=O) groups is 2. The number of Topliss-reactive ketones (excluding diaryl/α,β-unsaturated/α-hetero) is 1. The number of carbonyl (C=O) groups excluding carboxylic acids is 2. The van der Waals surface area contributed by atoms with Crippen LogP contribution in [0.3, 0.4) is 0 Å². The summed E-state index contributed by atoms with van der Waals surface area (Å²) in [5.74, 6) is -0.324. The lowest BCUT2D eigenvalue weighted by Crippen LogP contribution is -2.11. The van der Waals surface area contributed by atoms with Crippen molar-refractivity contribution in [2.75, 3.05) is 19.8 Å². The first kappa shape index (κ1) is 14.1. The fourth-order valence-corrected chi connectivity index (χ4v) is 0.913. The summed E-state index contributed by atoms with van der Waals surface area (Å²) in [5.41, 5.74) is 0. The van der Waals surface area contributed by atoms with Gasteiger partial charge in [-0.3, -0.25) is 4.79 Å². The number of hydrogen-bond acceptors (Lipinski definition) is 4. The molecule has 0 atom stereocenters. The lowest BCUT2D eigenvalue weighted by atomic mass is 10.2. The van der Waals surface area contributed by atoms with Crippen LogP contribution in [0.15, 0.2) is 0 Å². The fraction of sp³-hybridized carbons (Fsp3) is 0.818. The van der Waals surface area contributed by atoms with E-state index in [9.17, 15) is 9.59 Å². The summed E-state index contributed by atoms with van der Waals surface area (Å²) in [7, 11) is 0. The fourth-order valence-electron chi connectivity index (χ4n) is 0.913. The molecule has 0 radical (unpaired) electrons. The minimum atomic E-state index is -0.329. The Morgan fingerprint density at radius 2 is 1.80 bits per heavy atom. The molecule has 0 unspecified atom stereocenters. The maximum atomic E-state index is 11.0. The molecular formula is C11H20O4. The number of esters is 1. The minimum absolute atomic E-state index is 0.00569. The van der Waals surface area contributed by atoms with Crippen LogP contribution in [0, 0.1) is 0 Å². The van der Waals surface area contributed by atoms with Gasteiger partial charge in [-0.15, -0.1) is 0 Å². The molecule has 0 bridgehead atoms. The van der Waals surface area contributed by atoms with Gasteiger partial charge in [0.25, 0.3) is 0 Å². The molecular weight excluding hydrogens is 196 g/mol. The molecule has 0 aromatic carbocycles. The van der Waals surface area contributed by atoms with Gasteiger partial charge in [-0.25, -0.2) is 0 Å². The van der Waals surface area contributed by atoms with Crippen molar-refractivity contribution in [1.82, 2.24) is 0 Å². The summed E-state index contributed by atoms with van der Waals surface area (Å²) in [5, 5.41) is 0. The third-order valence-corrected chi connectivity index (χ3v) is 1.81. The standard InChI is InChI=1S/C11H20O4/c1-3-4-7-14-8-9-15-11(13)6-5-10(2)12/h3-9H2,1-2H3. The Kier molecular flexibility index (Phi) is 9.07. The molecule has 15 heavy (non-hydrogen) atoms. The summed E-state index contributed by atoms with van der Waals surface area (Å²) in [6.07, 6.45) is 2.55. The van der Waals surface area contributed by atoms with Crippen molar-refractivity contribution in [3.05, 3.63) is 0 Å². The smallest absolute Gasteiger partial charge is 0.306 e. The second-order valence-electron chi connectivity index (χ2n) is 3.39. The lowest BCUT2D eigenvalue weighted by molar-refractivity contribution is -0.146. The minimum Gasteiger partial charge on any atom is -0.463 e. The van der Waals surface area contributed by atoms with Crippen LogP contribution in [-0.4, -0.2) is 31.6 Å². The van der Waals surface area contributed by atoms with Crippen LogP contribution in [0.5, 0.6) is 0 Å². The van der Waals surface area contributed by atoms with E-state index < -0.39 is 0 Å². The molecule has 0 saturated heterocycles. The normalized spacial score (nSPS) is 10.0. The molecule has 0 aliphatic rings. The first-order valence-corrected chi connectivity index (χ1v) is 5.39. The first-order valence-electron chi connectivity index (χ1n) is 5.39. The summed E-state index contributed by atoms with van der Waals surface area (Å²) in [6, 6.07) is 0. The van der Waals surface area contributed by atoms with Crippen molar-refractivity contribution in [2.45, 2.75) is 39.5 Å². The van der Waals surface area contributed by atoms with Gasteiger partial charge in [0.05, 0.1) is 13.0 Å². The SMILES string of the molecule is CCCCOCCOC(=O)CCC(C)=O. The predicted molar refractivity (Wildman–Crippen MR) is 56.6 cm³/mol. The average molecular weight is 216 g/mol. The second kappa shape index (κ2) is 9.65. The van der Waals surface area contributed by atoms with E-state index in [1.807, 2.05) is 0 Å². The molecule has 0 aromatic rings. The predicted octanol–water partition coefficient (Wildman–Crippen LogP) is 1.72. The van der Waals surface area contributed by atoms with Gasteiger partial charge in [-0.1, -0.05) is 13.3 Å². The second-order valence-corrected chi connectivity index (χ2v) is 3.39. The number of unbranched alkanes of at least 4 members (excludes halogenated alkanes) is 1. The number of ether oxygens (including phenoxy) is 2. The lowest BCUT2D eigenvalue weighted by Gasteiger charge is -2.04. The number of ketones is 1. The van der Waals surface area contributed by atoms with Gasteiger partial charge >= 0.3 is 5.97 Å². The molecule has 0 amide bonds. The molecule has 0 fully saturated rings. The quantitative estimate of drug-likeness (QED) is 0.435. The molecule has 0 heterocycles. The van der Waals surface area contributed by atoms with Gasteiger partial charge < -0.3 is 14.3 Å². The Hall–Kier alpha value is -0.900. The molecule has 0 aromatic heterocycles. The highest BCUT2D eigenvalue weighted by Crippen LogP contribution is 1.94. The third-order valence-electron chi connectivity index (χ3n) is 1.81. The Morgan fingerprint density at radius 3 is 2.40 bits per heavy atom. The summed E-state index contributed by atoms with van der Waals surface area (Å²) >= 11 is 0. The van der Waals surface area contributed by atoms with E-state index in [-0.39, 0.29) is 31.2 Å². The monoisotopic (exact) mass is 216 g/mol. The van der Waals surface area contributed by atoms with Crippen molar-refractivity contribution in [3.63, 3.8) is 0 Å². The van der Waals surface area contributed by atoms with Gasteiger partial charge in [-0.2, -0.15) is 0 Å². The van der Waals surface area contributed by atoms with Gasteiger partial charge in [0, 0.05) is 13.0 Å². The van der Waals surface area contributed by atoms with Crippen LogP contribution >= 0.6 is 0 Å². The summed E-state index contributed by atoms with van der Waals surface area (Å²) < 4.78 is 10.1. The van der Waals surface area contributed by atoms with Crippen LogP contribution in [0.2, 0.25) is 0 Å². The van der Waals surface area contributed by atoms with Crippen LogP contribution in [0.4, 0.5) is 0 Å². The van der Waals surface area contributed by atoms with Crippen molar-refractivity contribution in [1.29, 1.82) is 0 Å². The van der Waals surface area contributed by atoms with E-state index in [1.165, 1.54) is 6.92 Å². The summed E-state index contributed by atoms with van der Waals surface area (Å²) in [6.45, 7) is 4.97. The Balaban J connectivity index is 3.20. The summed E-state index contributed by atoms with van der Waals surface area (Å²) in [4.78, 5) is 21.6. The third kappa shape index (κ3) is 11.0. The molecule has 0 N–H and O–H groups in total. The first-order chi connectivity index (χ1) is 7.16. The van der Waals surface area contributed by atoms with Crippen molar-refractivity contribution < 1.29 is 19.1 Å². The van der Waals surface area contributed by atoms with Crippen LogP contribution in [-0.2, 0) is 19.1 Å². The van der Waals surface area contributed by atoms with E-state index >= 15 is 0 Å². The highest BCUT2D eigenvalue weighted by molar-refractivity contribution is 5.80. The highest BCUT2D eigenvalue weighted by atomic mass is 16.6. The molecule has 0 rings (SSSR count). The van der Waals surface area contributed by atoms with E-state index in [0.29, 0.717) is 13.2 Å². The molecule has 4 heteroatoms. The van der Waals surface area contributed by atoms with Crippen molar-refractivity contribution in [3.8, 4) is 0 Å². The van der Waals surface area contributed by atoms with Crippen molar-refractivity contribution in [2.24, 2.45) is 0 Å². The Bertz CT molecular complexity index is 189. The molecule has 0 aliphatic carbocycles. The van der Waals surface area contributed by atoms with E-state index in [0.717, 1.165) is 12.8 Å². The molecule has 0 saturated carbocycles. The van der Waals surface area contributed by atoms with E-state index in [4.69, 9.17) is 9.47 Å². The molecule has 0 aliphatic heterocycles. The van der Waals surface area contributed by atoms with E-state index in [2.05, 4.69) is 6.92 Å². The largest absolute Gasteiger partial charge is 0.463 e. The van der Waals surface area contributed by atoms with Gasteiger partial charge in [0.2, 0.25) is 0 Å². The van der Waals surface area contributed by atoms with Crippen LogP contribution < -0.4 is 0 Å². The topological polar surface area (TPSA) is 52.6 Å². The Morgan fingerprint density at radius 1 is 1.07 bits per heavy atom. The number of hydrogen-bond donors (Lipinski definition) is 0. The van der Waals surface area contributed by atoms with Crippen LogP contribution in [0.25, 0.3) is 0 Å². The average Bonchev–Trinajstić information content (AvgIpc) is 2.20. The zero-order valence-electron chi connectivity index (χ0n) is 9.58. The zero-order chi connectivity index (χ0) is 11.5. The van der Waals surface area contributed by atoms with Gasteiger partial charge in [0.15, 0.2) is 0 Å². The zero-order valence-corrected chi connectivity index (χ0v) is 9.58. The van der Waals surface area contributed by atoms with Crippen LogP contribution in [0.1, 0.15) is 39.5 Å². The molecule has 0 spiro atoms. The highest BCUT2D eigenvalue weighted by Gasteiger charge is 2.04. The number of rotatable bonds is 9. The van der Waals surface area contributed by atoms with Crippen molar-refractivity contribution >= 4 is 11.8 Å². The molecule has 4 nitrogen and oxygen atoms in total. The Labute approximate surface area is 90.9 Å². The molecule has 88 valence electrons. The maximum absolute atomic E-state index is 11.0. The van der Waals surface area contributed by atoms with Gasteiger partial charge in [0.1, 0.15) is 12.4 Å².